The Morgan fingerprint density at radius 2 is 2.33 bits per heavy atom. The standard InChI is InChI=1S/C7H5BrClN3/c8-3-1-2-5-4-6(9)11-12-7(5)10/h4H,3H2,(H2,10,12). The Hall–Kier alpha value is -0.790. The summed E-state index contributed by atoms with van der Waals surface area (Å²) < 4.78 is 0. The molecule has 0 bridgehead atoms. The molecule has 0 amide bonds. The molecule has 0 saturated heterocycles. The van der Waals surface area contributed by atoms with Crippen LogP contribution in [0.2, 0.25) is 5.15 Å². The second-order valence-corrected chi connectivity index (χ2v) is 2.85. The van der Waals surface area contributed by atoms with Gasteiger partial charge in [-0.25, -0.2) is 0 Å². The van der Waals surface area contributed by atoms with Crippen LogP contribution in [0.4, 0.5) is 5.82 Å². The number of alkyl halides is 1. The van der Waals surface area contributed by atoms with Crippen molar-refractivity contribution in [3.05, 3.63) is 16.8 Å². The van der Waals surface area contributed by atoms with Gasteiger partial charge >= 0.3 is 0 Å². The zero-order valence-corrected chi connectivity index (χ0v) is 8.35. The van der Waals surface area contributed by atoms with Crippen molar-refractivity contribution < 1.29 is 0 Å². The maximum Gasteiger partial charge on any atom is 0.162 e. The predicted molar refractivity (Wildman–Crippen MR) is 52.1 cm³/mol. The average molecular weight is 246 g/mol. The molecule has 1 aromatic rings. The fourth-order valence-corrected chi connectivity index (χ4v) is 0.893. The molecule has 0 aliphatic carbocycles. The van der Waals surface area contributed by atoms with E-state index in [0.29, 0.717) is 21.9 Å². The molecule has 0 unspecified atom stereocenters. The van der Waals surface area contributed by atoms with Crippen molar-refractivity contribution in [2.24, 2.45) is 0 Å². The summed E-state index contributed by atoms with van der Waals surface area (Å²) in [6.07, 6.45) is 0. The van der Waals surface area contributed by atoms with Crippen LogP contribution in [0.25, 0.3) is 0 Å². The van der Waals surface area contributed by atoms with E-state index < -0.39 is 0 Å². The van der Waals surface area contributed by atoms with Crippen molar-refractivity contribution in [3.63, 3.8) is 0 Å². The highest BCUT2D eigenvalue weighted by Crippen LogP contribution is 2.10. The van der Waals surface area contributed by atoms with E-state index in [1.54, 1.807) is 6.07 Å². The molecule has 2 N–H and O–H groups in total. The topological polar surface area (TPSA) is 51.8 Å². The fourth-order valence-electron chi connectivity index (χ4n) is 0.606. The summed E-state index contributed by atoms with van der Waals surface area (Å²) in [6, 6.07) is 1.58. The Morgan fingerprint density at radius 3 is 3.00 bits per heavy atom. The van der Waals surface area contributed by atoms with Crippen molar-refractivity contribution in [1.29, 1.82) is 0 Å². The van der Waals surface area contributed by atoms with Gasteiger partial charge in [-0.2, -0.15) is 0 Å². The van der Waals surface area contributed by atoms with Crippen LogP contribution in [0.3, 0.4) is 0 Å². The lowest BCUT2D eigenvalue weighted by atomic mass is 10.3. The van der Waals surface area contributed by atoms with Gasteiger partial charge in [-0.15, -0.1) is 10.2 Å². The van der Waals surface area contributed by atoms with E-state index in [1.807, 2.05) is 0 Å². The molecule has 1 heterocycles. The van der Waals surface area contributed by atoms with Crippen LogP contribution in [0.5, 0.6) is 0 Å². The number of nitrogens with two attached hydrogens (primary N) is 1. The summed E-state index contributed by atoms with van der Waals surface area (Å²) in [5, 5.41) is 8.05. The van der Waals surface area contributed by atoms with Crippen LogP contribution in [-0.4, -0.2) is 15.5 Å². The third-order valence-electron chi connectivity index (χ3n) is 1.08. The largest absolute Gasteiger partial charge is 0.381 e. The van der Waals surface area contributed by atoms with Gasteiger partial charge in [0.1, 0.15) is 0 Å². The zero-order chi connectivity index (χ0) is 8.97. The quantitative estimate of drug-likeness (QED) is 0.557. The minimum Gasteiger partial charge on any atom is -0.381 e. The number of halogens is 2. The van der Waals surface area contributed by atoms with E-state index in [9.17, 15) is 0 Å². The van der Waals surface area contributed by atoms with Crippen LogP contribution in [0.15, 0.2) is 6.07 Å². The summed E-state index contributed by atoms with van der Waals surface area (Å²) in [5.41, 5.74) is 6.09. The molecule has 0 aliphatic rings. The zero-order valence-electron chi connectivity index (χ0n) is 6.01. The molecule has 0 fully saturated rings. The van der Waals surface area contributed by atoms with E-state index in [1.165, 1.54) is 0 Å². The number of anilines is 1. The summed E-state index contributed by atoms with van der Waals surface area (Å²) >= 11 is 8.75. The van der Waals surface area contributed by atoms with Gasteiger partial charge < -0.3 is 5.73 Å². The van der Waals surface area contributed by atoms with Crippen LogP contribution >= 0.6 is 27.5 Å². The number of aromatic nitrogens is 2. The predicted octanol–water partition coefficient (Wildman–Crippen LogP) is 1.46. The molecule has 0 aliphatic heterocycles. The highest BCUT2D eigenvalue weighted by molar-refractivity contribution is 9.09. The number of nitrogen functional groups attached to an aromatic ring is 1. The normalized spacial score (nSPS) is 8.83. The Labute approximate surface area is 83.4 Å². The van der Waals surface area contributed by atoms with Crippen molar-refractivity contribution in [2.75, 3.05) is 11.1 Å². The van der Waals surface area contributed by atoms with Crippen LogP contribution in [-0.2, 0) is 0 Å². The Morgan fingerprint density at radius 1 is 1.58 bits per heavy atom. The fraction of sp³-hybridized carbons (Fsp3) is 0.143. The number of rotatable bonds is 0. The highest BCUT2D eigenvalue weighted by Gasteiger charge is 1.98. The molecule has 0 spiro atoms. The molecule has 1 rings (SSSR count). The molecule has 0 aromatic carbocycles. The minimum atomic E-state index is 0.295. The SMILES string of the molecule is Nc1nnc(Cl)cc1C#CCBr. The Bertz CT molecular complexity index is 342. The van der Waals surface area contributed by atoms with E-state index >= 15 is 0 Å². The maximum atomic E-state index is 5.59. The van der Waals surface area contributed by atoms with Crippen molar-refractivity contribution in [3.8, 4) is 11.8 Å². The summed E-state index contributed by atoms with van der Waals surface area (Å²) in [4.78, 5) is 0. The second-order valence-electron chi connectivity index (χ2n) is 1.90. The molecule has 0 radical (unpaired) electrons. The molecule has 1 aromatic heterocycles. The summed E-state index contributed by atoms with van der Waals surface area (Å²) in [7, 11) is 0. The van der Waals surface area contributed by atoms with Crippen molar-refractivity contribution >= 4 is 33.3 Å². The summed E-state index contributed by atoms with van der Waals surface area (Å²) in [5.74, 6) is 5.89. The summed E-state index contributed by atoms with van der Waals surface area (Å²) in [6.45, 7) is 0. The highest BCUT2D eigenvalue weighted by atomic mass is 79.9. The van der Waals surface area contributed by atoms with Gasteiger partial charge in [0, 0.05) is 0 Å². The number of hydrogen-bond donors (Lipinski definition) is 1. The smallest absolute Gasteiger partial charge is 0.162 e. The molecule has 3 nitrogen and oxygen atoms in total. The van der Waals surface area contributed by atoms with E-state index in [2.05, 4.69) is 38.0 Å². The van der Waals surface area contributed by atoms with E-state index in [0.717, 1.165) is 0 Å². The lowest BCUT2D eigenvalue weighted by Crippen LogP contribution is -1.96. The molecule has 0 saturated carbocycles. The Kier molecular flexibility index (Phi) is 3.32. The third kappa shape index (κ3) is 2.36. The van der Waals surface area contributed by atoms with E-state index in [-0.39, 0.29) is 0 Å². The average Bonchev–Trinajstić information content (AvgIpc) is 2.07. The van der Waals surface area contributed by atoms with E-state index in [4.69, 9.17) is 17.3 Å². The van der Waals surface area contributed by atoms with Crippen LogP contribution in [0, 0.1) is 11.8 Å². The minimum absolute atomic E-state index is 0.295. The first-order valence-corrected chi connectivity index (χ1v) is 4.57. The monoisotopic (exact) mass is 245 g/mol. The second kappa shape index (κ2) is 4.29. The molecular weight excluding hydrogens is 241 g/mol. The van der Waals surface area contributed by atoms with Gasteiger partial charge in [-0.3, -0.25) is 0 Å². The van der Waals surface area contributed by atoms with Gasteiger partial charge in [0.25, 0.3) is 0 Å². The van der Waals surface area contributed by atoms with Crippen molar-refractivity contribution in [2.45, 2.75) is 0 Å². The lowest BCUT2D eigenvalue weighted by Gasteiger charge is -1.94. The van der Waals surface area contributed by atoms with Gasteiger partial charge in [-0.05, 0) is 6.07 Å². The molecule has 62 valence electrons. The van der Waals surface area contributed by atoms with Crippen LogP contribution in [0.1, 0.15) is 5.56 Å². The first kappa shape index (κ1) is 9.30. The van der Waals surface area contributed by atoms with Gasteiger partial charge in [-0.1, -0.05) is 39.4 Å². The number of nitrogens with zero attached hydrogens (tertiary/aromatic N) is 2. The first-order chi connectivity index (χ1) is 5.74. The number of hydrogen-bond acceptors (Lipinski definition) is 3. The molecule has 12 heavy (non-hydrogen) atoms. The van der Waals surface area contributed by atoms with Crippen LogP contribution < -0.4 is 5.73 Å². The lowest BCUT2D eigenvalue weighted by molar-refractivity contribution is 1.04. The van der Waals surface area contributed by atoms with Gasteiger partial charge in [0.2, 0.25) is 0 Å². The van der Waals surface area contributed by atoms with Gasteiger partial charge in [0.15, 0.2) is 11.0 Å². The van der Waals surface area contributed by atoms with Gasteiger partial charge in [0.05, 0.1) is 10.9 Å². The Balaban J connectivity index is 3.05. The molecule has 5 heteroatoms. The molecule has 0 atom stereocenters. The maximum absolute atomic E-state index is 5.59. The molecular formula is C7H5BrClN3. The third-order valence-corrected chi connectivity index (χ3v) is 1.55. The first-order valence-electron chi connectivity index (χ1n) is 3.07. The van der Waals surface area contributed by atoms with Crippen molar-refractivity contribution in [1.82, 2.24) is 10.2 Å².